The SMILES string of the molecule is CCCCN(CC)c1ccc(NC=C2C(=O)Nc3cccc(C)c32)cc1. The maximum Gasteiger partial charge on any atom is 0.257 e. The summed E-state index contributed by atoms with van der Waals surface area (Å²) in [5.74, 6) is -0.0601. The average molecular weight is 349 g/mol. The topological polar surface area (TPSA) is 44.4 Å². The Labute approximate surface area is 155 Å². The van der Waals surface area contributed by atoms with Gasteiger partial charge in [-0.05, 0) is 56.2 Å². The molecule has 0 saturated carbocycles. The minimum Gasteiger partial charge on any atom is -0.372 e. The molecule has 1 amide bonds. The molecule has 0 atom stereocenters. The van der Waals surface area contributed by atoms with Crippen molar-refractivity contribution in [3.05, 3.63) is 59.8 Å². The van der Waals surface area contributed by atoms with Crippen LogP contribution in [0.15, 0.2) is 48.7 Å². The molecule has 3 rings (SSSR count). The molecule has 4 nitrogen and oxygen atoms in total. The molecule has 1 heterocycles. The van der Waals surface area contributed by atoms with Crippen LogP contribution in [0.4, 0.5) is 17.1 Å². The van der Waals surface area contributed by atoms with Gasteiger partial charge >= 0.3 is 0 Å². The van der Waals surface area contributed by atoms with Gasteiger partial charge < -0.3 is 15.5 Å². The van der Waals surface area contributed by atoms with Crippen molar-refractivity contribution >= 4 is 28.5 Å². The second-order valence-corrected chi connectivity index (χ2v) is 6.63. The number of anilines is 3. The Bertz CT molecular complexity index is 809. The van der Waals surface area contributed by atoms with E-state index in [0.717, 1.165) is 35.6 Å². The van der Waals surface area contributed by atoms with Gasteiger partial charge in [0.2, 0.25) is 0 Å². The minimum atomic E-state index is -0.0601. The highest BCUT2D eigenvalue weighted by atomic mass is 16.2. The number of aryl methyl sites for hydroxylation is 1. The third-order valence-corrected chi connectivity index (χ3v) is 4.81. The van der Waals surface area contributed by atoms with Crippen LogP contribution in [0.2, 0.25) is 0 Å². The summed E-state index contributed by atoms with van der Waals surface area (Å²) in [6, 6.07) is 14.3. The van der Waals surface area contributed by atoms with E-state index in [1.54, 1.807) is 6.20 Å². The molecule has 0 bridgehead atoms. The van der Waals surface area contributed by atoms with Crippen LogP contribution >= 0.6 is 0 Å². The summed E-state index contributed by atoms with van der Waals surface area (Å²) in [6.45, 7) is 8.52. The fourth-order valence-corrected chi connectivity index (χ4v) is 3.31. The molecular formula is C22H27N3O. The van der Waals surface area contributed by atoms with E-state index in [4.69, 9.17) is 0 Å². The Morgan fingerprint density at radius 3 is 2.58 bits per heavy atom. The van der Waals surface area contributed by atoms with Crippen molar-refractivity contribution in [3.63, 3.8) is 0 Å². The number of hydrogen-bond acceptors (Lipinski definition) is 3. The molecule has 0 radical (unpaired) electrons. The normalized spacial score (nSPS) is 14.3. The Morgan fingerprint density at radius 2 is 1.88 bits per heavy atom. The molecule has 0 unspecified atom stereocenters. The number of fused-ring (bicyclic) bond motifs is 1. The van der Waals surface area contributed by atoms with E-state index in [1.807, 2.05) is 25.1 Å². The van der Waals surface area contributed by atoms with Crippen LogP contribution in [0.25, 0.3) is 5.57 Å². The van der Waals surface area contributed by atoms with Crippen LogP contribution in [-0.2, 0) is 4.79 Å². The van der Waals surface area contributed by atoms with Crippen molar-refractivity contribution in [2.24, 2.45) is 0 Å². The molecule has 0 saturated heterocycles. The van der Waals surface area contributed by atoms with Gasteiger partial charge in [-0.15, -0.1) is 0 Å². The maximum absolute atomic E-state index is 12.3. The Kier molecular flexibility index (Phi) is 5.61. The molecule has 4 heteroatoms. The quantitative estimate of drug-likeness (QED) is 0.689. The van der Waals surface area contributed by atoms with E-state index in [2.05, 4.69) is 53.6 Å². The summed E-state index contributed by atoms with van der Waals surface area (Å²) in [5.41, 5.74) is 5.85. The van der Waals surface area contributed by atoms with Gasteiger partial charge in [0, 0.05) is 41.9 Å². The third kappa shape index (κ3) is 3.74. The number of rotatable bonds is 7. The predicted octanol–water partition coefficient (Wildman–Crippen LogP) is 5.03. The maximum atomic E-state index is 12.3. The van der Waals surface area contributed by atoms with Crippen molar-refractivity contribution in [3.8, 4) is 0 Å². The molecule has 1 aliphatic rings. The summed E-state index contributed by atoms with van der Waals surface area (Å²) < 4.78 is 0. The number of nitrogens with one attached hydrogen (secondary N) is 2. The highest BCUT2D eigenvalue weighted by Crippen LogP contribution is 2.34. The third-order valence-electron chi connectivity index (χ3n) is 4.81. The van der Waals surface area contributed by atoms with Crippen molar-refractivity contribution in [1.29, 1.82) is 0 Å². The molecule has 2 aromatic carbocycles. The molecule has 0 fully saturated rings. The van der Waals surface area contributed by atoms with Gasteiger partial charge in [0.15, 0.2) is 0 Å². The second kappa shape index (κ2) is 8.09. The average Bonchev–Trinajstić information content (AvgIpc) is 2.98. The Balaban J connectivity index is 1.74. The van der Waals surface area contributed by atoms with Crippen LogP contribution in [0.1, 0.15) is 37.8 Å². The zero-order valence-electron chi connectivity index (χ0n) is 15.8. The lowest BCUT2D eigenvalue weighted by molar-refractivity contribution is -0.110. The number of nitrogens with zero attached hydrogens (tertiary/aromatic N) is 1. The molecular weight excluding hydrogens is 322 g/mol. The van der Waals surface area contributed by atoms with E-state index in [1.165, 1.54) is 18.5 Å². The van der Waals surface area contributed by atoms with Crippen LogP contribution in [0.5, 0.6) is 0 Å². The van der Waals surface area contributed by atoms with Gasteiger partial charge in [-0.2, -0.15) is 0 Å². The molecule has 0 aliphatic carbocycles. The summed E-state index contributed by atoms with van der Waals surface area (Å²) in [5, 5.41) is 6.19. The number of hydrogen-bond donors (Lipinski definition) is 2. The van der Waals surface area contributed by atoms with E-state index in [0.29, 0.717) is 5.57 Å². The van der Waals surface area contributed by atoms with Crippen LogP contribution < -0.4 is 15.5 Å². The van der Waals surface area contributed by atoms with Crippen molar-refractivity contribution < 1.29 is 4.79 Å². The first kappa shape index (κ1) is 18.1. The first-order valence-corrected chi connectivity index (χ1v) is 9.37. The van der Waals surface area contributed by atoms with E-state index >= 15 is 0 Å². The molecule has 0 spiro atoms. The highest BCUT2D eigenvalue weighted by Gasteiger charge is 2.25. The predicted molar refractivity (Wildman–Crippen MR) is 111 cm³/mol. The van der Waals surface area contributed by atoms with E-state index < -0.39 is 0 Å². The van der Waals surface area contributed by atoms with Crippen molar-refractivity contribution in [2.75, 3.05) is 28.6 Å². The number of carbonyl (C=O) groups excluding carboxylic acids is 1. The van der Waals surface area contributed by atoms with Crippen molar-refractivity contribution in [2.45, 2.75) is 33.6 Å². The minimum absolute atomic E-state index is 0.0601. The lowest BCUT2D eigenvalue weighted by Crippen LogP contribution is -2.23. The summed E-state index contributed by atoms with van der Waals surface area (Å²) in [4.78, 5) is 14.6. The summed E-state index contributed by atoms with van der Waals surface area (Å²) >= 11 is 0. The number of benzene rings is 2. The van der Waals surface area contributed by atoms with Gasteiger partial charge in [0.25, 0.3) is 5.91 Å². The first-order chi connectivity index (χ1) is 12.6. The molecule has 1 aliphatic heterocycles. The number of amides is 1. The lowest BCUT2D eigenvalue weighted by atomic mass is 10.0. The first-order valence-electron chi connectivity index (χ1n) is 9.37. The van der Waals surface area contributed by atoms with Gasteiger partial charge in [-0.1, -0.05) is 25.5 Å². The standard InChI is InChI=1S/C22H27N3O/c1-4-6-14-25(5-2)18-12-10-17(11-13-18)23-15-19-21-16(3)8-7-9-20(21)24-22(19)26/h7-13,15,23H,4-6,14H2,1-3H3,(H,24,26). The zero-order chi connectivity index (χ0) is 18.5. The molecule has 0 aromatic heterocycles. The Morgan fingerprint density at radius 1 is 1.12 bits per heavy atom. The molecule has 2 N–H and O–H groups in total. The van der Waals surface area contributed by atoms with Crippen molar-refractivity contribution in [1.82, 2.24) is 0 Å². The smallest absolute Gasteiger partial charge is 0.257 e. The molecule has 26 heavy (non-hydrogen) atoms. The fraction of sp³-hybridized carbons (Fsp3) is 0.318. The monoisotopic (exact) mass is 349 g/mol. The molecule has 2 aromatic rings. The van der Waals surface area contributed by atoms with Gasteiger partial charge in [0.1, 0.15) is 0 Å². The zero-order valence-corrected chi connectivity index (χ0v) is 15.8. The summed E-state index contributed by atoms with van der Waals surface area (Å²) in [6.07, 6.45) is 4.21. The second-order valence-electron chi connectivity index (χ2n) is 6.63. The number of unbranched alkanes of at least 4 members (excludes halogenated alkanes) is 1. The largest absolute Gasteiger partial charge is 0.372 e. The van der Waals surface area contributed by atoms with Gasteiger partial charge in [-0.25, -0.2) is 0 Å². The molecule has 136 valence electrons. The summed E-state index contributed by atoms with van der Waals surface area (Å²) in [7, 11) is 0. The van der Waals surface area contributed by atoms with E-state index in [9.17, 15) is 4.79 Å². The van der Waals surface area contributed by atoms with Crippen LogP contribution in [0, 0.1) is 6.92 Å². The number of carbonyl (C=O) groups is 1. The fourth-order valence-electron chi connectivity index (χ4n) is 3.31. The van der Waals surface area contributed by atoms with Gasteiger partial charge in [0.05, 0.1) is 5.57 Å². The van der Waals surface area contributed by atoms with Crippen LogP contribution in [0.3, 0.4) is 0 Å². The van der Waals surface area contributed by atoms with E-state index in [-0.39, 0.29) is 5.91 Å². The Hall–Kier alpha value is -2.75. The highest BCUT2D eigenvalue weighted by molar-refractivity contribution is 6.32. The van der Waals surface area contributed by atoms with Gasteiger partial charge in [-0.3, -0.25) is 4.79 Å². The van der Waals surface area contributed by atoms with Crippen LogP contribution in [-0.4, -0.2) is 19.0 Å². The lowest BCUT2D eigenvalue weighted by Gasteiger charge is -2.23.